The van der Waals surface area contributed by atoms with Gasteiger partial charge in [0.2, 0.25) is 0 Å². The van der Waals surface area contributed by atoms with Gasteiger partial charge in [-0.25, -0.2) is 0 Å². The van der Waals surface area contributed by atoms with E-state index in [0.29, 0.717) is 6.54 Å². The Bertz CT molecular complexity index is 490. The van der Waals surface area contributed by atoms with Crippen molar-refractivity contribution in [3.63, 3.8) is 0 Å². The van der Waals surface area contributed by atoms with Crippen molar-refractivity contribution in [1.82, 2.24) is 4.57 Å². The van der Waals surface area contributed by atoms with Crippen LogP contribution in [0.15, 0.2) is 30.5 Å². The van der Waals surface area contributed by atoms with Crippen molar-refractivity contribution in [1.29, 1.82) is 0 Å². The third-order valence-corrected chi connectivity index (χ3v) is 2.28. The average Bonchev–Trinajstić information content (AvgIpc) is 2.61. The van der Waals surface area contributed by atoms with Gasteiger partial charge < -0.3 is 9.67 Å². The van der Waals surface area contributed by atoms with Crippen LogP contribution in [0.5, 0.6) is 0 Å². The van der Waals surface area contributed by atoms with Crippen LogP contribution in [0.1, 0.15) is 5.56 Å². The number of rotatable bonds is 2. The van der Waals surface area contributed by atoms with Crippen LogP contribution in [0.2, 0.25) is 0 Å². The van der Waals surface area contributed by atoms with Gasteiger partial charge in [0.25, 0.3) is 0 Å². The summed E-state index contributed by atoms with van der Waals surface area (Å²) in [6, 6.07) is 7.88. The lowest BCUT2D eigenvalue weighted by Gasteiger charge is -2.00. The fraction of sp³-hybridized carbons (Fsp3) is 0.167. The quantitative estimate of drug-likeness (QED) is 0.709. The number of aromatic nitrogens is 1. The Labute approximate surface area is 82.8 Å². The van der Waals surface area contributed by atoms with E-state index in [1.807, 2.05) is 35.0 Å². The number of aliphatic hydroxyl groups is 1. The first kappa shape index (κ1) is 8.86. The van der Waals surface area contributed by atoms with Gasteiger partial charge in [0.15, 0.2) is 0 Å². The van der Waals surface area contributed by atoms with Crippen molar-refractivity contribution in [3.05, 3.63) is 36.0 Å². The van der Waals surface area contributed by atoms with Crippen molar-refractivity contribution in [2.24, 2.45) is 0 Å². The Morgan fingerprint density at radius 1 is 1.36 bits per heavy atom. The molecular formula is C12H11NO. The predicted molar refractivity (Wildman–Crippen MR) is 56.7 cm³/mol. The van der Waals surface area contributed by atoms with Gasteiger partial charge in [0, 0.05) is 11.7 Å². The first-order valence-electron chi connectivity index (χ1n) is 4.47. The van der Waals surface area contributed by atoms with E-state index in [-0.39, 0.29) is 6.61 Å². The maximum absolute atomic E-state index is 8.97. The van der Waals surface area contributed by atoms with Crippen molar-refractivity contribution >= 4 is 10.9 Å². The summed E-state index contributed by atoms with van der Waals surface area (Å²) in [6.45, 7) is 0.665. The van der Waals surface area contributed by atoms with Crippen molar-refractivity contribution in [3.8, 4) is 12.3 Å². The molecule has 0 atom stereocenters. The van der Waals surface area contributed by atoms with Crippen molar-refractivity contribution in [2.45, 2.75) is 13.2 Å². The van der Waals surface area contributed by atoms with Crippen LogP contribution in [-0.4, -0.2) is 9.67 Å². The molecule has 1 aromatic heterocycles. The minimum Gasteiger partial charge on any atom is -0.392 e. The highest BCUT2D eigenvalue weighted by Crippen LogP contribution is 2.17. The van der Waals surface area contributed by atoms with Gasteiger partial charge in [0.05, 0.1) is 13.2 Å². The molecule has 1 heterocycles. The number of fused-ring (bicyclic) bond motifs is 1. The molecule has 2 heteroatoms. The van der Waals surface area contributed by atoms with Gasteiger partial charge in [0.1, 0.15) is 0 Å². The van der Waals surface area contributed by atoms with Gasteiger partial charge in [-0.15, -0.1) is 6.42 Å². The molecular weight excluding hydrogens is 174 g/mol. The third-order valence-electron chi connectivity index (χ3n) is 2.28. The zero-order chi connectivity index (χ0) is 9.97. The van der Waals surface area contributed by atoms with Crippen LogP contribution in [-0.2, 0) is 13.2 Å². The number of hydrogen-bond acceptors (Lipinski definition) is 1. The lowest BCUT2D eigenvalue weighted by molar-refractivity contribution is 0.282. The largest absolute Gasteiger partial charge is 0.392 e. The lowest BCUT2D eigenvalue weighted by Crippen LogP contribution is -1.92. The number of aliphatic hydroxyl groups excluding tert-OH is 1. The van der Waals surface area contributed by atoms with E-state index >= 15 is 0 Å². The minimum atomic E-state index is 0.0796. The summed E-state index contributed by atoms with van der Waals surface area (Å²) in [4.78, 5) is 0. The Hall–Kier alpha value is -1.72. The molecule has 0 spiro atoms. The maximum Gasteiger partial charge on any atom is 0.0834 e. The molecule has 1 N–H and O–H groups in total. The molecule has 0 fully saturated rings. The molecule has 2 aromatic rings. The van der Waals surface area contributed by atoms with Crippen molar-refractivity contribution in [2.75, 3.05) is 0 Å². The van der Waals surface area contributed by atoms with Crippen LogP contribution < -0.4 is 0 Å². The highest BCUT2D eigenvalue weighted by molar-refractivity contribution is 5.80. The second-order valence-electron chi connectivity index (χ2n) is 3.20. The molecule has 1 aromatic carbocycles. The summed E-state index contributed by atoms with van der Waals surface area (Å²) in [6.07, 6.45) is 7.22. The summed E-state index contributed by atoms with van der Waals surface area (Å²) < 4.78 is 2.01. The van der Waals surface area contributed by atoms with E-state index in [1.54, 1.807) is 0 Å². The van der Waals surface area contributed by atoms with Gasteiger partial charge in [-0.2, -0.15) is 0 Å². The molecule has 0 aliphatic carbocycles. The highest BCUT2D eigenvalue weighted by atomic mass is 16.3. The Balaban J connectivity index is 2.55. The zero-order valence-electron chi connectivity index (χ0n) is 7.77. The molecule has 70 valence electrons. The van der Waals surface area contributed by atoms with E-state index < -0.39 is 0 Å². The first-order valence-corrected chi connectivity index (χ1v) is 4.47. The lowest BCUT2D eigenvalue weighted by atomic mass is 10.2. The normalized spacial score (nSPS) is 10.3. The van der Waals surface area contributed by atoms with E-state index in [0.717, 1.165) is 16.5 Å². The number of terminal acetylenes is 1. The molecule has 0 bridgehead atoms. The maximum atomic E-state index is 8.97. The number of benzene rings is 1. The smallest absolute Gasteiger partial charge is 0.0834 e. The van der Waals surface area contributed by atoms with Crippen LogP contribution in [0.25, 0.3) is 10.9 Å². The van der Waals surface area contributed by atoms with Gasteiger partial charge in [-0.1, -0.05) is 12.0 Å². The number of nitrogens with zero attached hydrogens (tertiary/aromatic N) is 1. The van der Waals surface area contributed by atoms with Crippen LogP contribution in [0.3, 0.4) is 0 Å². The van der Waals surface area contributed by atoms with Crippen LogP contribution in [0.4, 0.5) is 0 Å². The van der Waals surface area contributed by atoms with E-state index in [9.17, 15) is 0 Å². The minimum absolute atomic E-state index is 0.0796. The van der Waals surface area contributed by atoms with Gasteiger partial charge >= 0.3 is 0 Å². The molecule has 14 heavy (non-hydrogen) atoms. The predicted octanol–water partition coefficient (Wildman–Crippen LogP) is 1.77. The second-order valence-corrected chi connectivity index (χ2v) is 3.20. The standard InChI is InChI=1S/C12H11NO/c1-2-6-13-7-5-11-8-10(9-14)3-4-12(11)13/h1,3-5,7-8,14H,6,9H2. The summed E-state index contributed by atoms with van der Waals surface area (Å²) in [7, 11) is 0. The average molecular weight is 185 g/mol. The summed E-state index contributed by atoms with van der Waals surface area (Å²) in [5.41, 5.74) is 2.04. The molecule has 0 unspecified atom stereocenters. The Morgan fingerprint density at radius 2 is 2.21 bits per heavy atom. The third kappa shape index (κ3) is 1.39. The Kier molecular flexibility index (Phi) is 2.26. The molecule has 0 aliphatic rings. The number of hydrogen-bond donors (Lipinski definition) is 1. The molecule has 0 saturated carbocycles. The van der Waals surface area contributed by atoms with E-state index in [1.165, 1.54) is 0 Å². The second kappa shape index (κ2) is 3.57. The molecule has 2 nitrogen and oxygen atoms in total. The summed E-state index contributed by atoms with van der Waals surface area (Å²) in [5.74, 6) is 2.60. The topological polar surface area (TPSA) is 25.2 Å². The molecule has 0 saturated heterocycles. The monoisotopic (exact) mass is 185 g/mol. The first-order chi connectivity index (χ1) is 6.85. The van der Waals surface area contributed by atoms with E-state index in [4.69, 9.17) is 11.5 Å². The zero-order valence-corrected chi connectivity index (χ0v) is 7.77. The molecule has 0 aliphatic heterocycles. The Morgan fingerprint density at radius 3 is 2.93 bits per heavy atom. The fourth-order valence-electron chi connectivity index (χ4n) is 1.58. The SMILES string of the molecule is C#CCn1ccc2cc(CO)ccc21. The summed E-state index contributed by atoms with van der Waals surface area (Å²) in [5, 5.41) is 10.1. The van der Waals surface area contributed by atoms with Gasteiger partial charge in [-0.05, 0) is 29.1 Å². The van der Waals surface area contributed by atoms with Crippen molar-refractivity contribution < 1.29 is 5.11 Å². The highest BCUT2D eigenvalue weighted by Gasteiger charge is 2.00. The summed E-state index contributed by atoms with van der Waals surface area (Å²) >= 11 is 0. The van der Waals surface area contributed by atoms with Crippen LogP contribution >= 0.6 is 0 Å². The van der Waals surface area contributed by atoms with Crippen LogP contribution in [0, 0.1) is 12.3 Å². The molecule has 2 rings (SSSR count). The van der Waals surface area contributed by atoms with E-state index in [2.05, 4.69) is 5.92 Å². The molecule has 0 amide bonds. The van der Waals surface area contributed by atoms with Gasteiger partial charge in [-0.3, -0.25) is 0 Å². The molecule has 0 radical (unpaired) electrons. The fourth-order valence-corrected chi connectivity index (χ4v) is 1.58.